The molecule has 0 unspecified atom stereocenters. The van der Waals surface area contributed by atoms with Gasteiger partial charge in [-0.15, -0.1) is 0 Å². The molecule has 2 aromatic rings. The molecular formula is C13H13N2. The molecule has 0 aliphatic carbocycles. The van der Waals surface area contributed by atoms with Gasteiger partial charge in [0.15, 0.2) is 0 Å². The van der Waals surface area contributed by atoms with E-state index in [0.29, 0.717) is 12.2 Å². The molecule has 0 bridgehead atoms. The lowest BCUT2D eigenvalue weighted by molar-refractivity contribution is 1.07. The van der Waals surface area contributed by atoms with E-state index in [-0.39, 0.29) is 0 Å². The first-order chi connectivity index (χ1) is 7.31. The summed E-state index contributed by atoms with van der Waals surface area (Å²) in [6.45, 7) is 0.536. The number of rotatable bonds is 2. The molecule has 0 saturated carbocycles. The molecular weight excluding hydrogens is 184 g/mol. The summed E-state index contributed by atoms with van der Waals surface area (Å²) >= 11 is 0. The Bertz CT molecular complexity index is 464. The minimum atomic E-state index is 0.536. The van der Waals surface area contributed by atoms with E-state index in [2.05, 4.69) is 12.1 Å². The molecule has 2 rings (SSSR count). The Morgan fingerprint density at radius 1 is 1.13 bits per heavy atom. The predicted octanol–water partition coefficient (Wildman–Crippen LogP) is 2.19. The fourth-order valence-corrected chi connectivity index (χ4v) is 1.63. The van der Waals surface area contributed by atoms with Gasteiger partial charge in [-0.05, 0) is 22.8 Å². The van der Waals surface area contributed by atoms with Crippen LogP contribution in [-0.4, -0.2) is 0 Å². The summed E-state index contributed by atoms with van der Waals surface area (Å²) in [6.07, 6.45) is 0. The Labute approximate surface area is 89.5 Å². The third-order valence-corrected chi connectivity index (χ3v) is 2.37. The average Bonchev–Trinajstić information content (AvgIpc) is 2.29. The van der Waals surface area contributed by atoms with Crippen molar-refractivity contribution in [2.24, 2.45) is 5.73 Å². The highest BCUT2D eigenvalue weighted by Gasteiger charge is 2.02. The number of hydrogen-bond donors (Lipinski definition) is 2. The highest BCUT2D eigenvalue weighted by Crippen LogP contribution is 2.24. The molecule has 2 heteroatoms. The molecule has 2 aromatic carbocycles. The third-order valence-electron chi connectivity index (χ3n) is 2.37. The van der Waals surface area contributed by atoms with E-state index in [1.54, 1.807) is 0 Å². The summed E-state index contributed by atoms with van der Waals surface area (Å²) in [5, 5.41) is 0. The maximum Gasteiger partial charge on any atom is 0.0400 e. The fourth-order valence-electron chi connectivity index (χ4n) is 1.63. The molecule has 0 saturated heterocycles. The van der Waals surface area contributed by atoms with Crippen molar-refractivity contribution in [3.63, 3.8) is 0 Å². The largest absolute Gasteiger partial charge is 0.398 e. The van der Waals surface area contributed by atoms with Crippen molar-refractivity contribution in [1.29, 1.82) is 0 Å². The van der Waals surface area contributed by atoms with Crippen molar-refractivity contribution < 1.29 is 0 Å². The first-order valence-corrected chi connectivity index (χ1v) is 4.87. The summed E-state index contributed by atoms with van der Waals surface area (Å²) < 4.78 is 0. The predicted molar refractivity (Wildman–Crippen MR) is 63.0 cm³/mol. The van der Waals surface area contributed by atoms with Crippen molar-refractivity contribution in [2.45, 2.75) is 6.54 Å². The summed E-state index contributed by atoms with van der Waals surface area (Å²) in [4.78, 5) is 0. The normalized spacial score (nSPS) is 10.2. The van der Waals surface area contributed by atoms with E-state index in [1.165, 1.54) is 0 Å². The molecule has 0 spiro atoms. The second-order valence-corrected chi connectivity index (χ2v) is 3.39. The molecule has 15 heavy (non-hydrogen) atoms. The Kier molecular flexibility index (Phi) is 2.70. The number of nitrogens with two attached hydrogens (primary N) is 2. The van der Waals surface area contributed by atoms with Crippen LogP contribution in [0, 0.1) is 6.07 Å². The summed E-state index contributed by atoms with van der Waals surface area (Å²) in [5.74, 6) is 0. The molecule has 0 amide bonds. The Morgan fingerprint density at radius 3 is 2.67 bits per heavy atom. The Morgan fingerprint density at radius 2 is 1.93 bits per heavy atom. The van der Waals surface area contributed by atoms with Gasteiger partial charge in [0.2, 0.25) is 0 Å². The molecule has 0 aromatic heterocycles. The van der Waals surface area contributed by atoms with Crippen LogP contribution in [0.2, 0.25) is 0 Å². The van der Waals surface area contributed by atoms with Gasteiger partial charge in [0.25, 0.3) is 0 Å². The Hall–Kier alpha value is -1.80. The van der Waals surface area contributed by atoms with Gasteiger partial charge in [0.1, 0.15) is 0 Å². The minimum absolute atomic E-state index is 0.536. The second-order valence-electron chi connectivity index (χ2n) is 3.39. The molecule has 0 aliphatic heterocycles. The highest BCUT2D eigenvalue weighted by molar-refractivity contribution is 5.70. The van der Waals surface area contributed by atoms with E-state index < -0.39 is 0 Å². The smallest absolute Gasteiger partial charge is 0.0400 e. The summed E-state index contributed by atoms with van der Waals surface area (Å²) in [5.41, 5.74) is 15.4. The molecule has 0 atom stereocenters. The lowest BCUT2D eigenvalue weighted by Gasteiger charge is -2.07. The van der Waals surface area contributed by atoms with Crippen molar-refractivity contribution in [2.75, 3.05) is 5.73 Å². The van der Waals surface area contributed by atoms with Crippen LogP contribution < -0.4 is 11.5 Å². The zero-order valence-corrected chi connectivity index (χ0v) is 8.40. The zero-order valence-electron chi connectivity index (χ0n) is 8.40. The maximum absolute atomic E-state index is 5.70. The van der Waals surface area contributed by atoms with Crippen LogP contribution in [-0.2, 0) is 6.54 Å². The first-order valence-electron chi connectivity index (χ1n) is 4.87. The van der Waals surface area contributed by atoms with Crippen LogP contribution in [0.15, 0.2) is 42.5 Å². The van der Waals surface area contributed by atoms with Crippen LogP contribution >= 0.6 is 0 Å². The topological polar surface area (TPSA) is 52.0 Å². The first kappa shape index (κ1) is 9.74. The van der Waals surface area contributed by atoms with Crippen molar-refractivity contribution in [3.05, 3.63) is 54.1 Å². The van der Waals surface area contributed by atoms with Crippen molar-refractivity contribution >= 4 is 5.69 Å². The average molecular weight is 197 g/mol. The van der Waals surface area contributed by atoms with E-state index in [9.17, 15) is 0 Å². The molecule has 0 heterocycles. The van der Waals surface area contributed by atoms with Gasteiger partial charge in [0.05, 0.1) is 0 Å². The van der Waals surface area contributed by atoms with Gasteiger partial charge in [0, 0.05) is 18.3 Å². The molecule has 75 valence electrons. The van der Waals surface area contributed by atoms with Gasteiger partial charge in [-0.2, -0.15) is 0 Å². The summed E-state index contributed by atoms with van der Waals surface area (Å²) in [6, 6.07) is 16.7. The molecule has 0 aliphatic rings. The lowest BCUT2D eigenvalue weighted by Crippen LogP contribution is -1.98. The van der Waals surface area contributed by atoms with Crippen molar-refractivity contribution in [3.8, 4) is 11.1 Å². The van der Waals surface area contributed by atoms with E-state index in [1.807, 2.05) is 36.4 Å². The molecule has 0 fully saturated rings. The van der Waals surface area contributed by atoms with Gasteiger partial charge >= 0.3 is 0 Å². The third kappa shape index (κ3) is 2.00. The SMILES string of the molecule is NCc1ccccc1-c1cc[c]c(N)c1. The quantitative estimate of drug-likeness (QED) is 0.725. The molecule has 4 N–H and O–H groups in total. The fraction of sp³-hybridized carbons (Fsp3) is 0.0769. The summed E-state index contributed by atoms with van der Waals surface area (Å²) in [7, 11) is 0. The van der Waals surface area contributed by atoms with E-state index >= 15 is 0 Å². The monoisotopic (exact) mass is 197 g/mol. The second kappa shape index (κ2) is 4.15. The molecule has 2 nitrogen and oxygen atoms in total. The van der Waals surface area contributed by atoms with Gasteiger partial charge in [-0.1, -0.05) is 36.4 Å². The van der Waals surface area contributed by atoms with Crippen LogP contribution in [0.4, 0.5) is 5.69 Å². The number of benzene rings is 2. The zero-order chi connectivity index (χ0) is 10.7. The number of anilines is 1. The van der Waals surface area contributed by atoms with Crippen LogP contribution in [0.5, 0.6) is 0 Å². The van der Waals surface area contributed by atoms with E-state index in [0.717, 1.165) is 16.7 Å². The lowest BCUT2D eigenvalue weighted by atomic mass is 9.99. The van der Waals surface area contributed by atoms with Gasteiger partial charge in [-0.3, -0.25) is 0 Å². The number of nitrogen functional groups attached to an aromatic ring is 1. The van der Waals surface area contributed by atoms with Crippen LogP contribution in [0.3, 0.4) is 0 Å². The van der Waals surface area contributed by atoms with Crippen molar-refractivity contribution in [1.82, 2.24) is 0 Å². The van der Waals surface area contributed by atoms with Gasteiger partial charge in [-0.25, -0.2) is 0 Å². The maximum atomic E-state index is 5.70. The number of hydrogen-bond acceptors (Lipinski definition) is 2. The standard InChI is InChI=1S/C13H13N2/c14-9-11-4-1-2-7-13(11)10-5-3-6-12(15)8-10/h1-5,7-8H,9,14-15H2. The van der Waals surface area contributed by atoms with E-state index in [4.69, 9.17) is 11.5 Å². The highest BCUT2D eigenvalue weighted by atomic mass is 14.5. The Balaban J connectivity index is 2.53. The van der Waals surface area contributed by atoms with Gasteiger partial charge < -0.3 is 11.5 Å². The minimum Gasteiger partial charge on any atom is -0.398 e. The van der Waals surface area contributed by atoms with Crippen LogP contribution in [0.1, 0.15) is 5.56 Å². The molecule has 1 radical (unpaired) electrons. The van der Waals surface area contributed by atoms with Crippen LogP contribution in [0.25, 0.3) is 11.1 Å².